The van der Waals surface area contributed by atoms with E-state index in [1.54, 1.807) is 20.4 Å². The standard InChI is InChI=1S/C25H29N5O3/c1-18-23(17-27-25(28-18)26-16-19-5-4-6-22(15-19)33-3)24(31)30-13-11-29(12-14-30)20-7-9-21(32-2)10-8-20/h4-10,15,17H,11-14,16H2,1-3H3,(H,26,27,28). The second kappa shape index (κ2) is 10.2. The van der Waals surface area contributed by atoms with Gasteiger partial charge in [-0.2, -0.15) is 0 Å². The largest absolute Gasteiger partial charge is 0.497 e. The van der Waals surface area contributed by atoms with Gasteiger partial charge < -0.3 is 24.6 Å². The maximum absolute atomic E-state index is 13.1. The Morgan fingerprint density at radius 1 is 1.00 bits per heavy atom. The molecule has 0 atom stereocenters. The van der Waals surface area contributed by atoms with Gasteiger partial charge in [-0.3, -0.25) is 4.79 Å². The van der Waals surface area contributed by atoms with Gasteiger partial charge in [0.25, 0.3) is 5.91 Å². The number of nitrogens with one attached hydrogen (secondary N) is 1. The molecule has 3 aromatic rings. The maximum atomic E-state index is 13.1. The van der Waals surface area contributed by atoms with Crippen molar-refractivity contribution in [3.05, 3.63) is 71.5 Å². The highest BCUT2D eigenvalue weighted by Gasteiger charge is 2.24. The molecule has 1 aliphatic heterocycles. The number of benzene rings is 2. The number of nitrogens with zero attached hydrogens (tertiary/aromatic N) is 4. The predicted molar refractivity (Wildman–Crippen MR) is 128 cm³/mol. The van der Waals surface area contributed by atoms with Crippen LogP contribution in [0.3, 0.4) is 0 Å². The number of piperazine rings is 1. The van der Waals surface area contributed by atoms with E-state index < -0.39 is 0 Å². The van der Waals surface area contributed by atoms with Crippen molar-refractivity contribution >= 4 is 17.5 Å². The van der Waals surface area contributed by atoms with Crippen LogP contribution in [0.5, 0.6) is 11.5 Å². The highest BCUT2D eigenvalue weighted by molar-refractivity contribution is 5.95. The zero-order chi connectivity index (χ0) is 23.2. The van der Waals surface area contributed by atoms with Gasteiger partial charge in [0.2, 0.25) is 5.95 Å². The van der Waals surface area contributed by atoms with E-state index in [0.717, 1.165) is 35.8 Å². The summed E-state index contributed by atoms with van der Waals surface area (Å²) in [5, 5.41) is 3.21. The van der Waals surface area contributed by atoms with Crippen LogP contribution in [0, 0.1) is 6.92 Å². The summed E-state index contributed by atoms with van der Waals surface area (Å²) in [7, 11) is 3.31. The molecule has 8 heteroatoms. The van der Waals surface area contributed by atoms with Crippen molar-refractivity contribution in [1.82, 2.24) is 14.9 Å². The molecular weight excluding hydrogens is 418 g/mol. The van der Waals surface area contributed by atoms with Gasteiger partial charge in [0, 0.05) is 44.6 Å². The third kappa shape index (κ3) is 5.34. The second-order valence-electron chi connectivity index (χ2n) is 7.88. The summed E-state index contributed by atoms with van der Waals surface area (Å²) in [6.07, 6.45) is 1.62. The van der Waals surface area contributed by atoms with Crippen LogP contribution < -0.4 is 19.7 Å². The summed E-state index contributed by atoms with van der Waals surface area (Å²) in [4.78, 5) is 26.1. The third-order valence-electron chi connectivity index (χ3n) is 5.80. The summed E-state index contributed by atoms with van der Waals surface area (Å²) in [5.74, 6) is 2.11. The van der Waals surface area contributed by atoms with Crippen LogP contribution in [0.15, 0.2) is 54.7 Å². The first-order valence-electron chi connectivity index (χ1n) is 11.0. The van der Waals surface area contributed by atoms with Gasteiger partial charge >= 0.3 is 0 Å². The quantitative estimate of drug-likeness (QED) is 0.595. The maximum Gasteiger partial charge on any atom is 0.257 e. The summed E-state index contributed by atoms with van der Waals surface area (Å²) < 4.78 is 10.5. The molecule has 33 heavy (non-hydrogen) atoms. The highest BCUT2D eigenvalue weighted by atomic mass is 16.5. The predicted octanol–water partition coefficient (Wildman–Crippen LogP) is 3.38. The van der Waals surface area contributed by atoms with E-state index >= 15 is 0 Å². The Hall–Kier alpha value is -3.81. The van der Waals surface area contributed by atoms with Crippen LogP contribution in [-0.2, 0) is 6.54 Å². The van der Waals surface area contributed by atoms with Gasteiger partial charge in [-0.25, -0.2) is 9.97 Å². The number of methoxy groups -OCH3 is 2. The van der Waals surface area contributed by atoms with Crippen LogP contribution in [0.4, 0.5) is 11.6 Å². The number of hydrogen-bond donors (Lipinski definition) is 1. The van der Waals surface area contributed by atoms with E-state index in [4.69, 9.17) is 9.47 Å². The lowest BCUT2D eigenvalue weighted by Crippen LogP contribution is -2.49. The molecule has 0 spiro atoms. The lowest BCUT2D eigenvalue weighted by atomic mass is 10.2. The van der Waals surface area contributed by atoms with E-state index in [1.165, 1.54) is 0 Å². The van der Waals surface area contributed by atoms with Crippen molar-refractivity contribution in [1.29, 1.82) is 0 Å². The van der Waals surface area contributed by atoms with Crippen molar-refractivity contribution in [2.75, 3.05) is 50.6 Å². The number of hydrogen-bond acceptors (Lipinski definition) is 7. The number of carbonyl (C=O) groups excluding carboxylic acids is 1. The van der Waals surface area contributed by atoms with Gasteiger partial charge in [-0.15, -0.1) is 0 Å². The number of rotatable bonds is 7. The first-order valence-corrected chi connectivity index (χ1v) is 11.0. The van der Waals surface area contributed by atoms with E-state index in [1.807, 2.05) is 60.4 Å². The molecule has 1 N–H and O–H groups in total. The molecule has 0 bridgehead atoms. The number of ether oxygens (including phenoxy) is 2. The Balaban J connectivity index is 1.34. The molecule has 2 aromatic carbocycles. The van der Waals surface area contributed by atoms with Gasteiger partial charge in [-0.05, 0) is 48.9 Å². The van der Waals surface area contributed by atoms with Gasteiger partial charge in [0.1, 0.15) is 11.5 Å². The van der Waals surface area contributed by atoms with Crippen LogP contribution in [-0.4, -0.2) is 61.2 Å². The van der Waals surface area contributed by atoms with Gasteiger partial charge in [0.05, 0.1) is 25.5 Å². The van der Waals surface area contributed by atoms with Crippen LogP contribution in [0.1, 0.15) is 21.6 Å². The highest BCUT2D eigenvalue weighted by Crippen LogP contribution is 2.21. The molecule has 4 rings (SSSR count). The molecule has 0 saturated carbocycles. The minimum atomic E-state index is -0.0266. The summed E-state index contributed by atoms with van der Waals surface area (Å²) in [5.41, 5.74) is 3.40. The second-order valence-corrected chi connectivity index (χ2v) is 7.88. The molecule has 0 radical (unpaired) electrons. The van der Waals surface area contributed by atoms with Gasteiger partial charge in [0.15, 0.2) is 0 Å². The van der Waals surface area contributed by atoms with Gasteiger partial charge in [-0.1, -0.05) is 12.1 Å². The average molecular weight is 448 g/mol. The van der Waals surface area contributed by atoms with E-state index in [9.17, 15) is 4.79 Å². The minimum absolute atomic E-state index is 0.0266. The Labute approximate surface area is 194 Å². The zero-order valence-electron chi connectivity index (χ0n) is 19.2. The van der Waals surface area contributed by atoms with Crippen molar-refractivity contribution in [2.24, 2.45) is 0 Å². The number of amides is 1. The number of anilines is 2. The topological polar surface area (TPSA) is 79.8 Å². The summed E-state index contributed by atoms with van der Waals surface area (Å²) in [6.45, 7) is 5.27. The van der Waals surface area contributed by atoms with Crippen molar-refractivity contribution in [3.8, 4) is 11.5 Å². The molecule has 8 nitrogen and oxygen atoms in total. The molecule has 1 saturated heterocycles. The van der Waals surface area contributed by atoms with Crippen LogP contribution >= 0.6 is 0 Å². The third-order valence-corrected chi connectivity index (χ3v) is 5.80. The summed E-state index contributed by atoms with van der Waals surface area (Å²) in [6, 6.07) is 15.8. The van der Waals surface area contributed by atoms with Crippen molar-refractivity contribution in [2.45, 2.75) is 13.5 Å². The van der Waals surface area contributed by atoms with Crippen molar-refractivity contribution in [3.63, 3.8) is 0 Å². The van der Waals surface area contributed by atoms with E-state index in [2.05, 4.69) is 20.2 Å². The molecule has 0 unspecified atom stereocenters. The first kappa shape index (κ1) is 22.4. The lowest BCUT2D eigenvalue weighted by Gasteiger charge is -2.36. The molecule has 1 aliphatic rings. The normalized spacial score (nSPS) is 13.5. The molecular formula is C25H29N5O3. The Morgan fingerprint density at radius 3 is 2.39 bits per heavy atom. The first-order chi connectivity index (χ1) is 16.1. The Bertz CT molecular complexity index is 1100. The number of aromatic nitrogens is 2. The SMILES string of the molecule is COc1ccc(N2CCN(C(=O)c3cnc(NCc4cccc(OC)c4)nc3C)CC2)cc1. The lowest BCUT2D eigenvalue weighted by molar-refractivity contribution is 0.0745. The fraction of sp³-hybridized carbons (Fsp3) is 0.320. The van der Waals surface area contributed by atoms with E-state index in [-0.39, 0.29) is 5.91 Å². The summed E-state index contributed by atoms with van der Waals surface area (Å²) >= 11 is 0. The van der Waals surface area contributed by atoms with Crippen molar-refractivity contribution < 1.29 is 14.3 Å². The Morgan fingerprint density at radius 2 is 1.73 bits per heavy atom. The van der Waals surface area contributed by atoms with E-state index in [0.29, 0.717) is 36.8 Å². The molecule has 0 aliphatic carbocycles. The molecule has 1 amide bonds. The fourth-order valence-corrected chi connectivity index (χ4v) is 3.86. The zero-order valence-corrected chi connectivity index (χ0v) is 19.2. The number of aryl methyl sites for hydroxylation is 1. The molecule has 1 aromatic heterocycles. The smallest absolute Gasteiger partial charge is 0.257 e. The minimum Gasteiger partial charge on any atom is -0.497 e. The van der Waals surface area contributed by atoms with Crippen LogP contribution in [0.2, 0.25) is 0 Å². The molecule has 172 valence electrons. The molecule has 1 fully saturated rings. The van der Waals surface area contributed by atoms with Crippen LogP contribution in [0.25, 0.3) is 0 Å². The average Bonchev–Trinajstić information content (AvgIpc) is 2.87. The Kier molecular flexibility index (Phi) is 6.92. The number of carbonyl (C=O) groups is 1. The fourth-order valence-electron chi connectivity index (χ4n) is 3.86. The molecule has 2 heterocycles. The monoisotopic (exact) mass is 447 g/mol.